The lowest BCUT2D eigenvalue weighted by Crippen LogP contribution is -2.67. The Morgan fingerprint density at radius 3 is 2.54 bits per heavy atom. The summed E-state index contributed by atoms with van der Waals surface area (Å²) in [6.07, 6.45) is 0.170. The van der Waals surface area contributed by atoms with E-state index in [0.29, 0.717) is 48.9 Å². The summed E-state index contributed by atoms with van der Waals surface area (Å²) in [5.74, 6) is -6.46. The van der Waals surface area contributed by atoms with Gasteiger partial charge in [-0.05, 0) is 43.4 Å². The van der Waals surface area contributed by atoms with E-state index < -0.39 is 58.0 Å². The van der Waals surface area contributed by atoms with Gasteiger partial charge in [-0.25, -0.2) is 0 Å². The number of phenolic OH excluding ortho intramolecular Hbond substituents is 1. The molecule has 0 radical (unpaired) electrons. The van der Waals surface area contributed by atoms with Gasteiger partial charge in [0.2, 0.25) is 5.78 Å². The minimum absolute atomic E-state index is 0.00147. The predicted octanol–water partition coefficient (Wildman–Crippen LogP) is 0.698. The van der Waals surface area contributed by atoms with Gasteiger partial charge in [0.1, 0.15) is 22.8 Å². The van der Waals surface area contributed by atoms with Crippen LogP contribution in [0.1, 0.15) is 23.2 Å². The average Bonchev–Trinajstić information content (AvgIpc) is 3.32. The molecule has 1 amide bonds. The SMILES string of the molecule is Cc1cc(-c2ccc(O)c3c2C[C@H]2C[C@H]4[C@@H](N5CCOCC5)C(=O)C(C(N)=O)=C(O)[C@@]4(O)C(=O)C2=C3O)on1. The third kappa shape index (κ3) is 3.48. The van der Waals surface area contributed by atoms with Gasteiger partial charge >= 0.3 is 0 Å². The molecule has 0 unspecified atom stereocenters. The minimum Gasteiger partial charge on any atom is -0.508 e. The number of ether oxygens (including phenoxy) is 1. The molecule has 6 rings (SSSR count). The van der Waals surface area contributed by atoms with E-state index in [1.54, 1.807) is 24.0 Å². The number of Topliss-reactive ketones (excluding diaryl/α,β-unsaturated/α-hetero) is 2. The Morgan fingerprint density at radius 2 is 1.90 bits per heavy atom. The Hall–Kier alpha value is -4.00. The van der Waals surface area contributed by atoms with Crippen LogP contribution in [0.15, 0.2) is 39.6 Å². The van der Waals surface area contributed by atoms with Gasteiger partial charge in [-0.3, -0.25) is 19.3 Å². The number of aromatic hydroxyl groups is 1. The van der Waals surface area contributed by atoms with E-state index in [9.17, 15) is 34.8 Å². The number of amides is 1. The summed E-state index contributed by atoms with van der Waals surface area (Å²) in [7, 11) is 0. The monoisotopic (exact) mass is 537 g/mol. The number of aliphatic hydroxyl groups is 3. The van der Waals surface area contributed by atoms with Crippen LogP contribution in [0, 0.1) is 18.8 Å². The Balaban J connectivity index is 1.54. The third-order valence-corrected chi connectivity index (χ3v) is 8.38. The molecule has 204 valence electrons. The van der Waals surface area contributed by atoms with E-state index in [1.807, 2.05) is 0 Å². The molecule has 1 aromatic heterocycles. The number of ketones is 2. The number of nitrogens with zero attached hydrogens (tertiary/aromatic N) is 2. The van der Waals surface area contributed by atoms with Crippen LogP contribution in [-0.4, -0.2) is 85.9 Å². The van der Waals surface area contributed by atoms with E-state index in [-0.39, 0.29) is 29.7 Å². The second-order valence-corrected chi connectivity index (χ2v) is 10.5. The molecule has 6 N–H and O–H groups in total. The molecule has 0 bridgehead atoms. The molecule has 1 saturated carbocycles. The van der Waals surface area contributed by atoms with Gasteiger partial charge in [0.25, 0.3) is 5.91 Å². The van der Waals surface area contributed by atoms with Crippen LogP contribution in [0.5, 0.6) is 5.75 Å². The van der Waals surface area contributed by atoms with Crippen LogP contribution in [0.25, 0.3) is 17.1 Å². The Labute approximate surface area is 221 Å². The number of aromatic nitrogens is 1. The number of primary amides is 1. The number of nitrogens with two attached hydrogens (primary N) is 1. The molecule has 4 aliphatic rings. The molecule has 3 aliphatic carbocycles. The predicted molar refractivity (Wildman–Crippen MR) is 133 cm³/mol. The minimum atomic E-state index is -2.69. The van der Waals surface area contributed by atoms with Crippen molar-refractivity contribution in [1.29, 1.82) is 0 Å². The molecule has 0 spiro atoms. The van der Waals surface area contributed by atoms with Crippen molar-refractivity contribution >= 4 is 23.2 Å². The summed E-state index contributed by atoms with van der Waals surface area (Å²) < 4.78 is 10.8. The fourth-order valence-corrected chi connectivity index (χ4v) is 6.65. The second kappa shape index (κ2) is 8.76. The molecule has 1 aromatic carbocycles. The summed E-state index contributed by atoms with van der Waals surface area (Å²) in [5, 5.41) is 48.9. The fourth-order valence-electron chi connectivity index (χ4n) is 6.65. The second-order valence-electron chi connectivity index (χ2n) is 10.5. The van der Waals surface area contributed by atoms with E-state index in [4.69, 9.17) is 15.0 Å². The number of carbonyl (C=O) groups is 3. The highest BCUT2D eigenvalue weighted by molar-refractivity contribution is 6.24. The first-order valence-electron chi connectivity index (χ1n) is 12.6. The van der Waals surface area contributed by atoms with E-state index >= 15 is 0 Å². The number of aryl methyl sites for hydroxylation is 1. The topological polar surface area (TPSA) is 197 Å². The van der Waals surface area contributed by atoms with Crippen LogP contribution < -0.4 is 5.73 Å². The van der Waals surface area contributed by atoms with Crippen LogP contribution in [0.2, 0.25) is 0 Å². The third-order valence-electron chi connectivity index (χ3n) is 8.38. The summed E-state index contributed by atoms with van der Waals surface area (Å²) in [6.45, 7) is 2.95. The lowest BCUT2D eigenvalue weighted by Gasteiger charge is -2.51. The highest BCUT2D eigenvalue weighted by Crippen LogP contribution is 2.53. The molecule has 2 fully saturated rings. The van der Waals surface area contributed by atoms with E-state index in [1.165, 1.54) is 6.07 Å². The van der Waals surface area contributed by atoms with Crippen LogP contribution in [-0.2, 0) is 25.5 Å². The van der Waals surface area contributed by atoms with Crippen molar-refractivity contribution in [3.8, 4) is 17.1 Å². The number of hydrogen-bond donors (Lipinski definition) is 5. The van der Waals surface area contributed by atoms with E-state index in [2.05, 4.69) is 5.16 Å². The normalized spacial score (nSPS) is 29.2. The van der Waals surface area contributed by atoms with Crippen molar-refractivity contribution in [3.05, 3.63) is 51.9 Å². The Morgan fingerprint density at radius 1 is 1.18 bits per heavy atom. The number of morpholine rings is 1. The maximum Gasteiger partial charge on any atom is 0.255 e. The molecule has 2 heterocycles. The molecule has 1 aliphatic heterocycles. The van der Waals surface area contributed by atoms with Crippen molar-refractivity contribution in [2.45, 2.75) is 31.4 Å². The first-order chi connectivity index (χ1) is 18.6. The Bertz CT molecular complexity index is 1500. The summed E-state index contributed by atoms with van der Waals surface area (Å²) in [4.78, 5) is 41.6. The van der Waals surface area contributed by atoms with Gasteiger partial charge in [-0.1, -0.05) is 5.16 Å². The molecular weight excluding hydrogens is 510 g/mol. The van der Waals surface area contributed by atoms with Crippen molar-refractivity contribution in [3.63, 3.8) is 0 Å². The lowest BCUT2D eigenvalue weighted by molar-refractivity contribution is -0.157. The lowest BCUT2D eigenvalue weighted by atomic mass is 9.57. The first kappa shape index (κ1) is 25.3. The highest BCUT2D eigenvalue weighted by atomic mass is 16.5. The number of aliphatic hydroxyl groups excluding tert-OH is 2. The van der Waals surface area contributed by atoms with Gasteiger partial charge in [0.15, 0.2) is 17.1 Å². The number of benzene rings is 1. The molecule has 4 atom stereocenters. The zero-order valence-corrected chi connectivity index (χ0v) is 21.0. The largest absolute Gasteiger partial charge is 0.508 e. The molecule has 2 aromatic rings. The molecule has 1 saturated heterocycles. The van der Waals surface area contributed by atoms with Crippen molar-refractivity contribution < 1.29 is 44.1 Å². The maximum absolute atomic E-state index is 14.0. The number of hydrogen-bond acceptors (Lipinski definition) is 11. The zero-order chi connectivity index (χ0) is 27.8. The standard InChI is InChI=1S/C27H27N3O9/c1-11-8-17(39-29-11)13-2-3-16(31)19-14(13)9-12-10-15-21(30-4-6-38-7-5-30)23(33)20(26(28)36)25(35)27(15,37)24(34)18(12)22(19)32/h2-3,8,12,15,21,31-32,35,37H,4-7,9-10H2,1H3,(H2,28,36)/t12-,15-,21+,27-/m0/s1. The van der Waals surface area contributed by atoms with Gasteiger partial charge in [0, 0.05) is 36.2 Å². The number of carbonyl (C=O) groups excluding carboxylic acids is 3. The summed E-state index contributed by atoms with van der Waals surface area (Å²) in [6, 6.07) is 3.55. The summed E-state index contributed by atoms with van der Waals surface area (Å²) in [5.41, 5.74) is 3.41. The van der Waals surface area contributed by atoms with Crippen molar-refractivity contribution in [2.75, 3.05) is 26.3 Å². The number of rotatable bonds is 3. The van der Waals surface area contributed by atoms with Crippen LogP contribution in [0.3, 0.4) is 0 Å². The van der Waals surface area contributed by atoms with Crippen molar-refractivity contribution in [1.82, 2.24) is 10.1 Å². The summed E-state index contributed by atoms with van der Waals surface area (Å²) >= 11 is 0. The van der Waals surface area contributed by atoms with Crippen molar-refractivity contribution in [2.24, 2.45) is 17.6 Å². The van der Waals surface area contributed by atoms with Gasteiger partial charge in [-0.2, -0.15) is 0 Å². The van der Waals surface area contributed by atoms with Gasteiger partial charge in [0.05, 0.1) is 30.5 Å². The zero-order valence-electron chi connectivity index (χ0n) is 21.0. The molecule has 12 heteroatoms. The molecular formula is C27H27N3O9. The molecule has 39 heavy (non-hydrogen) atoms. The molecule has 12 nitrogen and oxygen atoms in total. The van der Waals surface area contributed by atoms with Gasteiger partial charge < -0.3 is 35.4 Å². The highest BCUT2D eigenvalue weighted by Gasteiger charge is 2.64. The number of phenols is 1. The fraction of sp³-hybridized carbons (Fsp3) is 0.407. The van der Waals surface area contributed by atoms with Crippen LogP contribution >= 0.6 is 0 Å². The maximum atomic E-state index is 14.0. The smallest absolute Gasteiger partial charge is 0.255 e. The van der Waals surface area contributed by atoms with Crippen LogP contribution in [0.4, 0.5) is 0 Å². The first-order valence-corrected chi connectivity index (χ1v) is 12.6. The van der Waals surface area contributed by atoms with E-state index in [0.717, 1.165) is 0 Å². The Kier molecular flexibility index (Phi) is 5.68. The quantitative estimate of drug-likeness (QED) is 0.346. The average molecular weight is 538 g/mol. The van der Waals surface area contributed by atoms with Gasteiger partial charge in [-0.15, -0.1) is 0 Å². The number of fused-ring (bicyclic) bond motifs is 3.